The normalized spacial score (nSPS) is 12.2. The van der Waals surface area contributed by atoms with Crippen molar-refractivity contribution in [3.8, 4) is 11.1 Å². The second-order valence-electron chi connectivity index (χ2n) is 6.38. The van der Waals surface area contributed by atoms with Gasteiger partial charge >= 0.3 is 5.97 Å². The van der Waals surface area contributed by atoms with E-state index in [4.69, 9.17) is 5.11 Å². The quantitative estimate of drug-likeness (QED) is 0.885. The van der Waals surface area contributed by atoms with Crippen LogP contribution in [0, 0.1) is 5.82 Å². The molecule has 7 heteroatoms. The van der Waals surface area contributed by atoms with Crippen molar-refractivity contribution < 1.29 is 22.7 Å². The highest BCUT2D eigenvalue weighted by atomic mass is 32.2. The van der Waals surface area contributed by atoms with Gasteiger partial charge in [0.1, 0.15) is 5.82 Å². The van der Waals surface area contributed by atoms with E-state index in [0.29, 0.717) is 11.1 Å². The van der Waals surface area contributed by atoms with E-state index < -0.39 is 32.9 Å². The van der Waals surface area contributed by atoms with Crippen LogP contribution in [0.5, 0.6) is 0 Å². The van der Waals surface area contributed by atoms with Crippen LogP contribution >= 0.6 is 0 Å². The van der Waals surface area contributed by atoms with Gasteiger partial charge in [-0.15, -0.1) is 0 Å². The molecule has 0 saturated heterocycles. The standard InChI is InChI=1S/C17H18FNO4S/c1-17(2,3)19-24(22,23)13-6-4-5-11(9-13)12-7-8-14(16(20)21)15(18)10-12/h4-10,19H,1-3H3,(H,20,21). The topological polar surface area (TPSA) is 83.5 Å². The fraction of sp³-hybridized carbons (Fsp3) is 0.235. The zero-order chi connectivity index (χ0) is 18.1. The summed E-state index contributed by atoms with van der Waals surface area (Å²) in [6.07, 6.45) is 0. The molecule has 2 rings (SSSR count). The van der Waals surface area contributed by atoms with Crippen LogP contribution in [0.1, 0.15) is 31.1 Å². The van der Waals surface area contributed by atoms with Gasteiger partial charge in [-0.25, -0.2) is 22.3 Å². The predicted molar refractivity (Wildman–Crippen MR) is 88.9 cm³/mol. The maximum Gasteiger partial charge on any atom is 0.338 e. The summed E-state index contributed by atoms with van der Waals surface area (Å²) in [5.41, 5.74) is -0.200. The third-order valence-electron chi connectivity index (χ3n) is 3.12. The molecular formula is C17H18FNO4S. The van der Waals surface area contributed by atoms with E-state index in [-0.39, 0.29) is 4.90 Å². The monoisotopic (exact) mass is 351 g/mol. The minimum atomic E-state index is -3.72. The first-order valence-electron chi connectivity index (χ1n) is 7.17. The van der Waals surface area contributed by atoms with Gasteiger partial charge in [0.15, 0.2) is 0 Å². The minimum absolute atomic E-state index is 0.0534. The third-order valence-corrected chi connectivity index (χ3v) is 4.87. The fourth-order valence-corrected chi connectivity index (χ4v) is 3.64. The largest absolute Gasteiger partial charge is 0.478 e. The second-order valence-corrected chi connectivity index (χ2v) is 8.07. The number of hydrogen-bond acceptors (Lipinski definition) is 3. The number of nitrogens with one attached hydrogen (secondary N) is 1. The lowest BCUT2D eigenvalue weighted by atomic mass is 10.0. The van der Waals surface area contributed by atoms with Crippen LogP contribution in [0.3, 0.4) is 0 Å². The first kappa shape index (κ1) is 18.1. The maximum atomic E-state index is 13.8. The number of hydrogen-bond donors (Lipinski definition) is 2. The summed E-state index contributed by atoms with van der Waals surface area (Å²) < 4.78 is 41.1. The lowest BCUT2D eigenvalue weighted by Crippen LogP contribution is -2.40. The summed E-state index contributed by atoms with van der Waals surface area (Å²) in [6, 6.07) is 9.72. The van der Waals surface area contributed by atoms with Gasteiger partial charge in [-0.05, 0) is 56.2 Å². The number of rotatable bonds is 4. The molecule has 0 saturated carbocycles. The smallest absolute Gasteiger partial charge is 0.338 e. The van der Waals surface area contributed by atoms with E-state index in [1.54, 1.807) is 32.9 Å². The molecule has 0 radical (unpaired) electrons. The van der Waals surface area contributed by atoms with Crippen molar-refractivity contribution in [2.24, 2.45) is 0 Å². The molecule has 0 aliphatic heterocycles. The molecule has 0 amide bonds. The van der Waals surface area contributed by atoms with Gasteiger partial charge in [0, 0.05) is 5.54 Å². The van der Waals surface area contributed by atoms with Crippen LogP contribution in [0.2, 0.25) is 0 Å². The van der Waals surface area contributed by atoms with Gasteiger partial charge in [-0.3, -0.25) is 0 Å². The number of aromatic carboxylic acids is 1. The van der Waals surface area contributed by atoms with E-state index in [2.05, 4.69) is 4.72 Å². The summed E-state index contributed by atoms with van der Waals surface area (Å²) in [6.45, 7) is 5.19. The first-order chi connectivity index (χ1) is 11.0. The lowest BCUT2D eigenvalue weighted by molar-refractivity contribution is 0.0692. The van der Waals surface area contributed by atoms with Crippen LogP contribution in [0.4, 0.5) is 4.39 Å². The van der Waals surface area contributed by atoms with Crippen LogP contribution in [0.25, 0.3) is 11.1 Å². The van der Waals surface area contributed by atoms with Gasteiger partial charge in [0.05, 0.1) is 10.5 Å². The van der Waals surface area contributed by atoms with Gasteiger partial charge in [-0.2, -0.15) is 0 Å². The Labute approximate surface area is 140 Å². The molecule has 0 unspecified atom stereocenters. The molecule has 0 spiro atoms. The highest BCUT2D eigenvalue weighted by Gasteiger charge is 2.22. The Hall–Kier alpha value is -2.25. The molecule has 128 valence electrons. The van der Waals surface area contributed by atoms with Crippen molar-refractivity contribution in [1.82, 2.24) is 4.72 Å². The molecule has 24 heavy (non-hydrogen) atoms. The molecule has 5 nitrogen and oxygen atoms in total. The van der Waals surface area contributed by atoms with Crippen molar-refractivity contribution in [3.63, 3.8) is 0 Å². The Kier molecular flexibility index (Phi) is 4.77. The number of benzene rings is 2. The Bertz CT molecular complexity index is 886. The summed E-state index contributed by atoms with van der Waals surface area (Å²) >= 11 is 0. The number of carbonyl (C=O) groups is 1. The highest BCUT2D eigenvalue weighted by molar-refractivity contribution is 7.89. The number of halogens is 1. The number of carboxylic acid groups (broad SMARTS) is 1. The molecular weight excluding hydrogens is 333 g/mol. The zero-order valence-electron chi connectivity index (χ0n) is 13.5. The number of carboxylic acids is 1. The summed E-state index contributed by atoms with van der Waals surface area (Å²) in [5.74, 6) is -2.23. The SMILES string of the molecule is CC(C)(C)NS(=O)(=O)c1cccc(-c2ccc(C(=O)O)c(F)c2)c1. The molecule has 0 bridgehead atoms. The fourth-order valence-electron chi connectivity index (χ4n) is 2.17. The van der Waals surface area contributed by atoms with Crippen molar-refractivity contribution in [2.45, 2.75) is 31.2 Å². The molecule has 2 aromatic rings. The Morgan fingerprint density at radius 3 is 2.25 bits per heavy atom. The van der Waals surface area contributed by atoms with Gasteiger partial charge < -0.3 is 5.11 Å². The Morgan fingerprint density at radius 1 is 1.08 bits per heavy atom. The lowest BCUT2D eigenvalue weighted by Gasteiger charge is -2.20. The zero-order valence-corrected chi connectivity index (χ0v) is 14.3. The summed E-state index contributed by atoms with van der Waals surface area (Å²) in [7, 11) is -3.72. The van der Waals surface area contributed by atoms with Gasteiger partial charge in [0.2, 0.25) is 10.0 Å². The molecule has 0 heterocycles. The third kappa shape index (κ3) is 4.18. The average molecular weight is 351 g/mol. The van der Waals surface area contributed by atoms with E-state index >= 15 is 0 Å². The molecule has 2 N–H and O–H groups in total. The van der Waals surface area contributed by atoms with Crippen molar-refractivity contribution >= 4 is 16.0 Å². The Balaban J connectivity index is 2.45. The molecule has 0 atom stereocenters. The molecule has 2 aromatic carbocycles. The minimum Gasteiger partial charge on any atom is -0.478 e. The van der Waals surface area contributed by atoms with Gasteiger partial charge in [-0.1, -0.05) is 18.2 Å². The average Bonchev–Trinajstić information content (AvgIpc) is 2.44. The van der Waals surface area contributed by atoms with Crippen LogP contribution in [0.15, 0.2) is 47.4 Å². The van der Waals surface area contributed by atoms with Crippen molar-refractivity contribution in [3.05, 3.63) is 53.8 Å². The number of sulfonamides is 1. The molecule has 0 aliphatic rings. The highest BCUT2D eigenvalue weighted by Crippen LogP contribution is 2.25. The molecule has 0 fully saturated rings. The molecule has 0 aliphatic carbocycles. The second kappa shape index (κ2) is 6.33. The van der Waals surface area contributed by atoms with Crippen molar-refractivity contribution in [2.75, 3.05) is 0 Å². The van der Waals surface area contributed by atoms with Crippen LogP contribution < -0.4 is 4.72 Å². The summed E-state index contributed by atoms with van der Waals surface area (Å²) in [4.78, 5) is 10.9. The van der Waals surface area contributed by atoms with Crippen molar-refractivity contribution in [1.29, 1.82) is 0 Å². The first-order valence-corrected chi connectivity index (χ1v) is 8.65. The van der Waals surface area contributed by atoms with Crippen LogP contribution in [-0.2, 0) is 10.0 Å². The van der Waals surface area contributed by atoms with E-state index in [1.165, 1.54) is 18.2 Å². The summed E-state index contributed by atoms with van der Waals surface area (Å²) in [5, 5.41) is 8.86. The maximum absolute atomic E-state index is 13.8. The van der Waals surface area contributed by atoms with E-state index in [0.717, 1.165) is 12.1 Å². The van der Waals surface area contributed by atoms with Gasteiger partial charge in [0.25, 0.3) is 0 Å². The Morgan fingerprint density at radius 2 is 1.71 bits per heavy atom. The predicted octanol–water partition coefficient (Wildman–Crippen LogP) is 3.27. The van der Waals surface area contributed by atoms with E-state index in [1.807, 2.05) is 0 Å². The molecule has 0 aromatic heterocycles. The van der Waals surface area contributed by atoms with Crippen LogP contribution in [-0.4, -0.2) is 25.0 Å². The van der Waals surface area contributed by atoms with E-state index in [9.17, 15) is 17.6 Å².